The summed E-state index contributed by atoms with van der Waals surface area (Å²) in [7, 11) is 3.85. The number of aliphatic imine (C=N–C) groups is 1. The predicted octanol–water partition coefficient (Wildman–Crippen LogP) is 3.87. The van der Waals surface area contributed by atoms with Crippen LogP contribution in [0.5, 0.6) is 0 Å². The second-order valence-corrected chi connectivity index (χ2v) is 6.64. The molecule has 1 N–H and O–H groups in total. The summed E-state index contributed by atoms with van der Waals surface area (Å²) < 4.78 is 11.0. The quantitative estimate of drug-likeness (QED) is 0.157. The maximum absolute atomic E-state index is 5.57. The maximum Gasteiger partial charge on any atom is 0.193 e. The summed E-state index contributed by atoms with van der Waals surface area (Å²) in [5.41, 5.74) is 1.27. The van der Waals surface area contributed by atoms with Gasteiger partial charge in [0.25, 0.3) is 0 Å². The summed E-state index contributed by atoms with van der Waals surface area (Å²) in [6, 6.07) is 8.63. The van der Waals surface area contributed by atoms with Crippen molar-refractivity contribution in [3.8, 4) is 0 Å². The molecule has 0 aliphatic carbocycles. The van der Waals surface area contributed by atoms with Crippen LogP contribution in [0.3, 0.4) is 0 Å². The number of ether oxygens (including phenoxy) is 2. The summed E-state index contributed by atoms with van der Waals surface area (Å²) in [5, 5.41) is 3.33. The van der Waals surface area contributed by atoms with Crippen LogP contribution in [0.4, 0.5) is 0 Å². The molecule has 0 saturated carbocycles. The van der Waals surface area contributed by atoms with Crippen LogP contribution in [0.15, 0.2) is 34.2 Å². The lowest BCUT2D eigenvalue weighted by atomic mass is 10.2. The molecule has 0 atom stereocenters. The zero-order valence-electron chi connectivity index (χ0n) is 16.5. The number of benzene rings is 1. The number of halogens is 1. The topological polar surface area (TPSA) is 46.1 Å². The molecule has 0 spiro atoms. The molecule has 1 aromatic carbocycles. The third-order valence-electron chi connectivity index (χ3n) is 3.70. The molecule has 150 valence electrons. The van der Waals surface area contributed by atoms with Crippen molar-refractivity contribution in [2.75, 3.05) is 53.3 Å². The van der Waals surface area contributed by atoms with Crippen LogP contribution >= 0.6 is 35.7 Å². The summed E-state index contributed by atoms with van der Waals surface area (Å²) in [6.07, 6.45) is 4.37. The number of nitrogens with zero attached hydrogens (tertiary/aromatic N) is 2. The van der Waals surface area contributed by atoms with Gasteiger partial charge in [0.2, 0.25) is 0 Å². The summed E-state index contributed by atoms with van der Waals surface area (Å²) in [4.78, 5) is 7.73. The van der Waals surface area contributed by atoms with E-state index in [0.717, 1.165) is 32.1 Å². The molecular weight excluding hydrogens is 461 g/mol. The molecule has 1 aromatic rings. The molecule has 0 radical (unpaired) electrons. The minimum atomic E-state index is 0. The van der Waals surface area contributed by atoms with Crippen molar-refractivity contribution in [3.63, 3.8) is 0 Å². The van der Waals surface area contributed by atoms with Gasteiger partial charge in [0.05, 0.1) is 19.8 Å². The Labute approximate surface area is 180 Å². The van der Waals surface area contributed by atoms with E-state index >= 15 is 0 Å². The molecule has 5 nitrogen and oxygen atoms in total. The van der Waals surface area contributed by atoms with Crippen molar-refractivity contribution in [1.29, 1.82) is 0 Å². The lowest BCUT2D eigenvalue weighted by Gasteiger charge is -2.22. The zero-order valence-corrected chi connectivity index (χ0v) is 19.6. The van der Waals surface area contributed by atoms with Gasteiger partial charge in [0, 0.05) is 38.7 Å². The highest BCUT2D eigenvalue weighted by atomic mass is 127. The van der Waals surface area contributed by atoms with Gasteiger partial charge in [-0.1, -0.05) is 25.5 Å². The smallest absolute Gasteiger partial charge is 0.193 e. The summed E-state index contributed by atoms with van der Waals surface area (Å²) in [6.45, 7) is 6.49. The minimum Gasteiger partial charge on any atom is -0.379 e. The second kappa shape index (κ2) is 16.6. The molecule has 0 aromatic heterocycles. The van der Waals surface area contributed by atoms with E-state index in [1.807, 2.05) is 7.05 Å². The van der Waals surface area contributed by atoms with Gasteiger partial charge in [-0.2, -0.15) is 0 Å². The van der Waals surface area contributed by atoms with Crippen molar-refractivity contribution in [2.24, 2.45) is 4.99 Å². The molecule has 0 unspecified atom stereocenters. The first-order valence-electron chi connectivity index (χ1n) is 8.91. The largest absolute Gasteiger partial charge is 0.379 e. The van der Waals surface area contributed by atoms with Crippen molar-refractivity contribution >= 4 is 41.7 Å². The standard InChI is InChI=1S/C19H33N3O2S.HI/c1-5-6-12-23-14-15-24-13-11-21-19(20-2)22(3)16-17-7-9-18(25-4)10-8-17;/h7-10H,5-6,11-16H2,1-4H3,(H,20,21);1H. The van der Waals surface area contributed by atoms with Crippen LogP contribution in [0.25, 0.3) is 0 Å². The molecule has 0 fully saturated rings. The third kappa shape index (κ3) is 11.3. The Morgan fingerprint density at radius 3 is 2.35 bits per heavy atom. The first-order valence-corrected chi connectivity index (χ1v) is 10.1. The van der Waals surface area contributed by atoms with E-state index in [9.17, 15) is 0 Å². The van der Waals surface area contributed by atoms with Gasteiger partial charge in [-0.3, -0.25) is 4.99 Å². The summed E-state index contributed by atoms with van der Waals surface area (Å²) in [5.74, 6) is 0.872. The fourth-order valence-corrected chi connectivity index (χ4v) is 2.68. The van der Waals surface area contributed by atoms with Gasteiger partial charge in [0.15, 0.2) is 5.96 Å². The Morgan fingerprint density at radius 2 is 1.77 bits per heavy atom. The van der Waals surface area contributed by atoms with E-state index in [1.54, 1.807) is 18.8 Å². The minimum absolute atomic E-state index is 0. The van der Waals surface area contributed by atoms with Crippen molar-refractivity contribution in [1.82, 2.24) is 10.2 Å². The van der Waals surface area contributed by atoms with Crippen molar-refractivity contribution < 1.29 is 9.47 Å². The SMILES string of the molecule is CCCCOCCOCCNC(=NC)N(C)Cc1ccc(SC)cc1.I. The number of hydrogen-bond donors (Lipinski definition) is 1. The Morgan fingerprint density at radius 1 is 1.12 bits per heavy atom. The molecule has 0 heterocycles. The van der Waals surface area contributed by atoms with Gasteiger partial charge < -0.3 is 19.7 Å². The zero-order chi connectivity index (χ0) is 18.3. The number of rotatable bonds is 12. The molecule has 7 heteroatoms. The predicted molar refractivity (Wildman–Crippen MR) is 123 cm³/mol. The van der Waals surface area contributed by atoms with Crippen LogP contribution in [0, 0.1) is 0 Å². The van der Waals surface area contributed by atoms with Crippen molar-refractivity contribution in [3.05, 3.63) is 29.8 Å². The van der Waals surface area contributed by atoms with E-state index in [-0.39, 0.29) is 24.0 Å². The third-order valence-corrected chi connectivity index (χ3v) is 4.44. The molecule has 0 amide bonds. The molecule has 26 heavy (non-hydrogen) atoms. The first-order chi connectivity index (χ1) is 12.2. The average Bonchev–Trinajstić information content (AvgIpc) is 2.64. The molecule has 0 bridgehead atoms. The van der Waals surface area contributed by atoms with Crippen LogP contribution in [-0.2, 0) is 16.0 Å². The van der Waals surface area contributed by atoms with Crippen molar-refractivity contribution in [2.45, 2.75) is 31.2 Å². The van der Waals surface area contributed by atoms with Gasteiger partial charge in [-0.25, -0.2) is 0 Å². The maximum atomic E-state index is 5.57. The van der Waals surface area contributed by atoms with Crippen LogP contribution in [0.2, 0.25) is 0 Å². The number of hydrogen-bond acceptors (Lipinski definition) is 4. The highest BCUT2D eigenvalue weighted by Crippen LogP contribution is 2.15. The van der Waals surface area contributed by atoms with E-state index in [0.29, 0.717) is 19.8 Å². The van der Waals surface area contributed by atoms with Crippen LogP contribution in [-0.4, -0.2) is 64.2 Å². The fraction of sp³-hybridized carbons (Fsp3) is 0.632. The van der Waals surface area contributed by atoms with E-state index in [1.165, 1.54) is 16.9 Å². The Kier molecular flexibility index (Phi) is 16.3. The Hall–Kier alpha value is -0.510. The molecule has 1 rings (SSSR count). The van der Waals surface area contributed by atoms with Gasteiger partial charge in [0.1, 0.15) is 0 Å². The number of nitrogens with one attached hydrogen (secondary N) is 1. The highest BCUT2D eigenvalue weighted by molar-refractivity contribution is 14.0. The van der Waals surface area contributed by atoms with Gasteiger partial charge in [-0.05, 0) is 30.4 Å². The van der Waals surface area contributed by atoms with E-state index < -0.39 is 0 Å². The van der Waals surface area contributed by atoms with Gasteiger partial charge >= 0.3 is 0 Å². The molecule has 0 saturated heterocycles. The number of guanidine groups is 1. The van der Waals surface area contributed by atoms with E-state index in [4.69, 9.17) is 9.47 Å². The highest BCUT2D eigenvalue weighted by Gasteiger charge is 2.06. The number of thioether (sulfide) groups is 1. The summed E-state index contributed by atoms with van der Waals surface area (Å²) >= 11 is 1.76. The Balaban J connectivity index is 0.00000625. The van der Waals surface area contributed by atoms with Crippen LogP contribution < -0.4 is 5.32 Å². The van der Waals surface area contributed by atoms with Gasteiger partial charge in [-0.15, -0.1) is 35.7 Å². The first kappa shape index (κ1) is 25.5. The molecular formula is C19H34IN3O2S. The normalized spacial score (nSPS) is 11.2. The monoisotopic (exact) mass is 495 g/mol. The van der Waals surface area contributed by atoms with E-state index in [2.05, 4.69) is 52.7 Å². The fourth-order valence-electron chi connectivity index (χ4n) is 2.27. The molecule has 0 aliphatic heterocycles. The van der Waals surface area contributed by atoms with Crippen LogP contribution in [0.1, 0.15) is 25.3 Å². The second-order valence-electron chi connectivity index (χ2n) is 5.76. The number of unbranched alkanes of at least 4 members (excludes halogenated alkanes) is 1. The lowest BCUT2D eigenvalue weighted by molar-refractivity contribution is 0.0486. The lowest BCUT2D eigenvalue weighted by Crippen LogP contribution is -2.40. The average molecular weight is 495 g/mol. The Bertz CT molecular complexity index is 486. The molecule has 0 aliphatic rings.